The van der Waals surface area contributed by atoms with Gasteiger partial charge in [-0.1, -0.05) is 13.8 Å². The van der Waals surface area contributed by atoms with Crippen LogP contribution in [0.15, 0.2) is 18.3 Å². The summed E-state index contributed by atoms with van der Waals surface area (Å²) in [4.78, 5) is 4.92. The molecule has 3 N–H and O–H groups in total. The molecule has 1 aromatic carbocycles. The largest absolute Gasteiger partial charge is 0.397 e. The first-order valence-electron chi connectivity index (χ1n) is 7.33. The summed E-state index contributed by atoms with van der Waals surface area (Å²) in [6, 6.07) is 4.13. The number of aromatic amines is 1. The number of nitrogens with one attached hydrogen (secondary N) is 1. The van der Waals surface area contributed by atoms with Crippen molar-refractivity contribution in [3.8, 4) is 0 Å². The second kappa shape index (κ2) is 5.32. The summed E-state index contributed by atoms with van der Waals surface area (Å²) in [5.74, 6) is 0.730. The molecule has 1 aromatic heterocycles. The van der Waals surface area contributed by atoms with E-state index in [0.717, 1.165) is 54.4 Å². The molecule has 3 rings (SSSR count). The van der Waals surface area contributed by atoms with Crippen LogP contribution in [-0.2, 0) is 0 Å². The van der Waals surface area contributed by atoms with Gasteiger partial charge in [-0.15, -0.1) is 0 Å². The van der Waals surface area contributed by atoms with Crippen LogP contribution in [-0.4, -0.2) is 47.8 Å². The van der Waals surface area contributed by atoms with Crippen molar-refractivity contribution < 1.29 is 0 Å². The first-order chi connectivity index (χ1) is 9.63. The van der Waals surface area contributed by atoms with Gasteiger partial charge < -0.3 is 10.6 Å². The summed E-state index contributed by atoms with van der Waals surface area (Å²) in [6.07, 6.45) is 1.82. The van der Waals surface area contributed by atoms with E-state index < -0.39 is 0 Å². The van der Waals surface area contributed by atoms with E-state index in [2.05, 4.69) is 39.9 Å². The minimum absolute atomic E-state index is 0.730. The summed E-state index contributed by atoms with van der Waals surface area (Å²) in [6.45, 7) is 10.0. The number of nitrogens with zero attached hydrogens (tertiary/aromatic N) is 3. The fourth-order valence-electron chi connectivity index (χ4n) is 2.96. The number of hydrogen-bond donors (Lipinski definition) is 2. The van der Waals surface area contributed by atoms with E-state index in [1.54, 1.807) is 0 Å². The molecule has 1 aliphatic rings. The lowest BCUT2D eigenvalue weighted by molar-refractivity contribution is 0.231. The van der Waals surface area contributed by atoms with Gasteiger partial charge in [0.1, 0.15) is 0 Å². The number of rotatable bonds is 3. The maximum Gasteiger partial charge on any atom is 0.0672 e. The van der Waals surface area contributed by atoms with Crippen LogP contribution in [0.25, 0.3) is 10.9 Å². The van der Waals surface area contributed by atoms with E-state index in [1.165, 1.54) is 6.54 Å². The molecule has 2 heterocycles. The standard InChI is InChI=1S/C15H23N5/c1-11(2)10-19-3-5-20(6-4-19)15-8-14-12(7-13(15)16)9-17-18-14/h7-9,11H,3-6,10,16H2,1-2H3,(H,17,18). The third kappa shape index (κ3) is 2.58. The van der Waals surface area contributed by atoms with Gasteiger partial charge in [0.15, 0.2) is 0 Å². The molecule has 2 aromatic rings. The van der Waals surface area contributed by atoms with Crippen molar-refractivity contribution in [2.75, 3.05) is 43.4 Å². The normalized spacial score (nSPS) is 17.2. The van der Waals surface area contributed by atoms with Crippen LogP contribution in [0.3, 0.4) is 0 Å². The number of fused-ring (bicyclic) bond motifs is 1. The quantitative estimate of drug-likeness (QED) is 0.839. The molecule has 20 heavy (non-hydrogen) atoms. The summed E-state index contributed by atoms with van der Waals surface area (Å²) < 4.78 is 0. The molecule has 0 aliphatic carbocycles. The van der Waals surface area contributed by atoms with Gasteiger partial charge in [0.05, 0.1) is 23.1 Å². The molecule has 1 aliphatic heterocycles. The Morgan fingerprint density at radius 1 is 1.25 bits per heavy atom. The Bertz CT molecular complexity index is 581. The highest BCUT2D eigenvalue weighted by atomic mass is 15.3. The zero-order chi connectivity index (χ0) is 14.1. The zero-order valence-electron chi connectivity index (χ0n) is 12.3. The average molecular weight is 273 g/mol. The van der Waals surface area contributed by atoms with Crippen LogP contribution in [0.4, 0.5) is 11.4 Å². The predicted octanol–water partition coefficient (Wildman–Crippen LogP) is 1.92. The number of nitrogen functional groups attached to an aromatic ring is 1. The Labute approximate surface area is 119 Å². The van der Waals surface area contributed by atoms with Gasteiger partial charge in [0.2, 0.25) is 0 Å². The van der Waals surface area contributed by atoms with E-state index in [9.17, 15) is 0 Å². The Hall–Kier alpha value is -1.75. The molecule has 0 spiro atoms. The first-order valence-corrected chi connectivity index (χ1v) is 7.33. The maximum absolute atomic E-state index is 6.20. The second-order valence-corrected chi connectivity index (χ2v) is 6.05. The Balaban J connectivity index is 1.74. The smallest absolute Gasteiger partial charge is 0.0672 e. The highest BCUT2D eigenvalue weighted by molar-refractivity contribution is 5.88. The lowest BCUT2D eigenvalue weighted by atomic mass is 10.1. The highest BCUT2D eigenvalue weighted by Gasteiger charge is 2.19. The molecule has 0 unspecified atom stereocenters. The van der Waals surface area contributed by atoms with Crippen molar-refractivity contribution >= 4 is 22.3 Å². The van der Waals surface area contributed by atoms with E-state index in [1.807, 2.05) is 12.3 Å². The molecule has 0 bridgehead atoms. The predicted molar refractivity (Wildman–Crippen MR) is 84.0 cm³/mol. The summed E-state index contributed by atoms with van der Waals surface area (Å²) in [7, 11) is 0. The molecule has 1 fully saturated rings. The molecule has 0 amide bonds. The van der Waals surface area contributed by atoms with E-state index in [0.29, 0.717) is 0 Å². The molecule has 108 valence electrons. The Kier molecular flexibility index (Phi) is 3.53. The molecular formula is C15H23N5. The van der Waals surface area contributed by atoms with Crippen LogP contribution in [0, 0.1) is 5.92 Å². The minimum Gasteiger partial charge on any atom is -0.397 e. The van der Waals surface area contributed by atoms with Crippen molar-refractivity contribution in [3.63, 3.8) is 0 Å². The van der Waals surface area contributed by atoms with Crippen LogP contribution in [0.2, 0.25) is 0 Å². The number of hydrogen-bond acceptors (Lipinski definition) is 4. The van der Waals surface area contributed by atoms with E-state index >= 15 is 0 Å². The minimum atomic E-state index is 0.730. The maximum atomic E-state index is 6.20. The molecular weight excluding hydrogens is 250 g/mol. The Morgan fingerprint density at radius 2 is 2.00 bits per heavy atom. The van der Waals surface area contributed by atoms with Crippen molar-refractivity contribution in [3.05, 3.63) is 18.3 Å². The Morgan fingerprint density at radius 3 is 2.70 bits per heavy atom. The van der Waals surface area contributed by atoms with Gasteiger partial charge >= 0.3 is 0 Å². The van der Waals surface area contributed by atoms with Crippen molar-refractivity contribution in [1.82, 2.24) is 15.1 Å². The number of nitrogens with two attached hydrogens (primary N) is 1. The second-order valence-electron chi connectivity index (χ2n) is 6.05. The molecule has 5 heteroatoms. The average Bonchev–Trinajstić information content (AvgIpc) is 2.85. The summed E-state index contributed by atoms with van der Waals surface area (Å²) in [5.41, 5.74) is 9.22. The number of benzene rings is 1. The van der Waals surface area contributed by atoms with Crippen LogP contribution < -0.4 is 10.6 Å². The van der Waals surface area contributed by atoms with Crippen molar-refractivity contribution in [2.24, 2.45) is 5.92 Å². The summed E-state index contributed by atoms with van der Waals surface area (Å²) in [5, 5.41) is 8.16. The highest BCUT2D eigenvalue weighted by Crippen LogP contribution is 2.28. The number of aromatic nitrogens is 2. The van der Waals surface area contributed by atoms with Gasteiger partial charge in [-0.05, 0) is 18.1 Å². The van der Waals surface area contributed by atoms with Gasteiger partial charge in [-0.2, -0.15) is 5.10 Å². The van der Waals surface area contributed by atoms with Crippen LogP contribution in [0.1, 0.15) is 13.8 Å². The number of piperazine rings is 1. The SMILES string of the molecule is CC(C)CN1CCN(c2cc3[nH]ncc3cc2N)CC1. The third-order valence-corrected chi connectivity index (χ3v) is 3.92. The summed E-state index contributed by atoms with van der Waals surface area (Å²) >= 11 is 0. The fraction of sp³-hybridized carbons (Fsp3) is 0.533. The van der Waals surface area contributed by atoms with Crippen molar-refractivity contribution in [2.45, 2.75) is 13.8 Å². The van der Waals surface area contributed by atoms with E-state index in [-0.39, 0.29) is 0 Å². The van der Waals surface area contributed by atoms with Gasteiger partial charge in [-0.25, -0.2) is 0 Å². The molecule has 0 saturated carbocycles. The van der Waals surface area contributed by atoms with Gasteiger partial charge in [-0.3, -0.25) is 10.00 Å². The molecule has 0 radical (unpaired) electrons. The molecule has 0 atom stereocenters. The van der Waals surface area contributed by atoms with Gasteiger partial charge in [0, 0.05) is 38.1 Å². The third-order valence-electron chi connectivity index (χ3n) is 3.92. The van der Waals surface area contributed by atoms with Gasteiger partial charge in [0.25, 0.3) is 0 Å². The number of anilines is 2. The van der Waals surface area contributed by atoms with Crippen LogP contribution >= 0.6 is 0 Å². The molecule has 5 nitrogen and oxygen atoms in total. The van der Waals surface area contributed by atoms with Crippen molar-refractivity contribution in [1.29, 1.82) is 0 Å². The monoisotopic (exact) mass is 273 g/mol. The molecule has 1 saturated heterocycles. The lowest BCUT2D eigenvalue weighted by Crippen LogP contribution is -2.47. The lowest BCUT2D eigenvalue weighted by Gasteiger charge is -2.37. The fourth-order valence-corrected chi connectivity index (χ4v) is 2.96. The topological polar surface area (TPSA) is 61.2 Å². The number of H-pyrrole nitrogens is 1. The first kappa shape index (κ1) is 13.2. The van der Waals surface area contributed by atoms with Crippen LogP contribution in [0.5, 0.6) is 0 Å². The van der Waals surface area contributed by atoms with E-state index in [4.69, 9.17) is 5.73 Å². The zero-order valence-corrected chi connectivity index (χ0v) is 12.3.